The summed E-state index contributed by atoms with van der Waals surface area (Å²) >= 11 is 0. The van der Waals surface area contributed by atoms with Crippen LogP contribution in [0.25, 0.3) is 0 Å². The van der Waals surface area contributed by atoms with Crippen molar-refractivity contribution in [1.82, 2.24) is 9.97 Å². The van der Waals surface area contributed by atoms with Gasteiger partial charge in [-0.3, -0.25) is 0 Å². The Balaban J connectivity index is 1.99. The van der Waals surface area contributed by atoms with Crippen LogP contribution >= 0.6 is 0 Å². The Labute approximate surface area is 121 Å². The van der Waals surface area contributed by atoms with Crippen LogP contribution < -0.4 is 10.6 Å². The van der Waals surface area contributed by atoms with Gasteiger partial charge in [-0.1, -0.05) is 13.8 Å². The minimum Gasteiger partial charge on any atom is -0.388 e. The fraction of sp³-hybridized carbons (Fsp3) is 0.733. The second-order valence-electron chi connectivity index (χ2n) is 5.92. The number of hydrogen-bond donors (Lipinski definition) is 3. The highest BCUT2D eigenvalue weighted by atomic mass is 16.3. The molecule has 1 heterocycles. The van der Waals surface area contributed by atoms with Crippen LogP contribution in [0.4, 0.5) is 11.6 Å². The summed E-state index contributed by atoms with van der Waals surface area (Å²) < 4.78 is 0. The van der Waals surface area contributed by atoms with Crippen molar-refractivity contribution in [3.05, 3.63) is 11.9 Å². The summed E-state index contributed by atoms with van der Waals surface area (Å²) in [6, 6.07) is 1.88. The minimum atomic E-state index is -0.594. The van der Waals surface area contributed by atoms with E-state index < -0.39 is 5.60 Å². The van der Waals surface area contributed by atoms with Crippen LogP contribution in [0, 0.1) is 5.92 Å². The van der Waals surface area contributed by atoms with Crippen molar-refractivity contribution in [2.45, 2.75) is 51.6 Å². The Bertz CT molecular complexity index is 419. The van der Waals surface area contributed by atoms with Crippen LogP contribution in [-0.4, -0.2) is 34.3 Å². The van der Waals surface area contributed by atoms with Gasteiger partial charge in [-0.2, -0.15) is 0 Å². The third-order valence-corrected chi connectivity index (χ3v) is 4.15. The predicted octanol–water partition coefficient (Wildman–Crippen LogP) is 2.43. The second-order valence-corrected chi connectivity index (χ2v) is 5.92. The van der Waals surface area contributed by atoms with Crippen LogP contribution in [0.2, 0.25) is 0 Å². The summed E-state index contributed by atoms with van der Waals surface area (Å²) in [5, 5.41) is 16.9. The lowest BCUT2D eigenvalue weighted by atomic mass is 9.79. The van der Waals surface area contributed by atoms with E-state index in [2.05, 4.69) is 27.5 Å². The Morgan fingerprint density at radius 3 is 2.55 bits per heavy atom. The van der Waals surface area contributed by atoms with Gasteiger partial charge in [0.15, 0.2) is 0 Å². The number of nitrogens with one attached hydrogen (secondary N) is 2. The molecular weight excluding hydrogens is 252 g/mol. The molecule has 0 spiro atoms. The first kappa shape index (κ1) is 15.0. The van der Waals surface area contributed by atoms with Gasteiger partial charge in [0.05, 0.1) is 5.60 Å². The van der Waals surface area contributed by atoms with Crippen molar-refractivity contribution >= 4 is 11.6 Å². The molecule has 2 rings (SSSR count). The molecular formula is C15H26N4O. The zero-order valence-corrected chi connectivity index (χ0v) is 12.7. The van der Waals surface area contributed by atoms with Gasteiger partial charge in [-0.05, 0) is 31.6 Å². The third kappa shape index (κ3) is 3.82. The smallest absolute Gasteiger partial charge is 0.132 e. The highest BCUT2D eigenvalue weighted by Crippen LogP contribution is 2.31. The monoisotopic (exact) mass is 278 g/mol. The lowest BCUT2D eigenvalue weighted by Crippen LogP contribution is -2.40. The zero-order valence-electron chi connectivity index (χ0n) is 12.7. The molecule has 1 fully saturated rings. The van der Waals surface area contributed by atoms with E-state index in [-0.39, 0.29) is 0 Å². The van der Waals surface area contributed by atoms with E-state index in [1.165, 1.54) is 0 Å². The van der Waals surface area contributed by atoms with Crippen LogP contribution in [0.1, 0.15) is 45.4 Å². The molecule has 0 saturated heterocycles. The van der Waals surface area contributed by atoms with E-state index in [4.69, 9.17) is 0 Å². The number of nitrogens with zero attached hydrogens (tertiary/aromatic N) is 2. The maximum Gasteiger partial charge on any atom is 0.132 e. The molecule has 0 aromatic carbocycles. The normalized spacial score (nSPS) is 26.3. The summed E-state index contributed by atoms with van der Waals surface area (Å²) in [7, 11) is 1.85. The fourth-order valence-corrected chi connectivity index (χ4v) is 2.61. The van der Waals surface area contributed by atoms with Crippen molar-refractivity contribution in [1.29, 1.82) is 0 Å². The molecule has 0 unspecified atom stereocenters. The van der Waals surface area contributed by atoms with Crippen LogP contribution in [0.5, 0.6) is 0 Å². The molecule has 20 heavy (non-hydrogen) atoms. The zero-order chi connectivity index (χ0) is 14.6. The van der Waals surface area contributed by atoms with Gasteiger partial charge in [0.2, 0.25) is 0 Å². The SMILES string of the molecule is CCc1nc(NC)cc(NCC2(O)CCC(C)CC2)n1. The summed E-state index contributed by atoms with van der Waals surface area (Å²) in [6.45, 7) is 4.85. The molecule has 0 atom stereocenters. The lowest BCUT2D eigenvalue weighted by molar-refractivity contribution is 0.00494. The van der Waals surface area contributed by atoms with Gasteiger partial charge in [-0.25, -0.2) is 9.97 Å². The Morgan fingerprint density at radius 2 is 1.95 bits per heavy atom. The number of aromatic nitrogens is 2. The quantitative estimate of drug-likeness (QED) is 0.771. The van der Waals surface area contributed by atoms with Crippen LogP contribution in [-0.2, 0) is 6.42 Å². The number of rotatable bonds is 5. The molecule has 112 valence electrons. The molecule has 1 aliphatic carbocycles. The van der Waals surface area contributed by atoms with E-state index in [0.717, 1.165) is 55.5 Å². The molecule has 1 aromatic rings. The number of anilines is 2. The first-order valence-electron chi connectivity index (χ1n) is 7.56. The molecule has 0 aliphatic heterocycles. The number of aliphatic hydroxyl groups is 1. The largest absolute Gasteiger partial charge is 0.388 e. The maximum atomic E-state index is 10.6. The van der Waals surface area contributed by atoms with Crippen molar-refractivity contribution < 1.29 is 5.11 Å². The molecule has 0 amide bonds. The average molecular weight is 278 g/mol. The molecule has 5 heteroatoms. The predicted molar refractivity (Wildman–Crippen MR) is 82.0 cm³/mol. The summed E-state index contributed by atoms with van der Waals surface area (Å²) in [6.07, 6.45) is 4.73. The molecule has 1 saturated carbocycles. The minimum absolute atomic E-state index is 0.559. The topological polar surface area (TPSA) is 70.1 Å². The molecule has 0 bridgehead atoms. The van der Waals surface area contributed by atoms with E-state index in [9.17, 15) is 5.11 Å². The van der Waals surface area contributed by atoms with E-state index in [1.807, 2.05) is 20.0 Å². The highest BCUT2D eigenvalue weighted by molar-refractivity contribution is 5.47. The van der Waals surface area contributed by atoms with Gasteiger partial charge in [-0.15, -0.1) is 0 Å². The second kappa shape index (κ2) is 6.39. The van der Waals surface area contributed by atoms with Gasteiger partial charge in [0.1, 0.15) is 17.5 Å². The number of hydrogen-bond acceptors (Lipinski definition) is 5. The van der Waals surface area contributed by atoms with Crippen molar-refractivity contribution in [3.63, 3.8) is 0 Å². The van der Waals surface area contributed by atoms with Gasteiger partial charge >= 0.3 is 0 Å². The third-order valence-electron chi connectivity index (χ3n) is 4.15. The Morgan fingerprint density at radius 1 is 1.30 bits per heavy atom. The van der Waals surface area contributed by atoms with Crippen molar-refractivity contribution in [3.8, 4) is 0 Å². The van der Waals surface area contributed by atoms with Crippen LogP contribution in [0.15, 0.2) is 6.07 Å². The Hall–Kier alpha value is -1.36. The molecule has 1 aliphatic rings. The van der Waals surface area contributed by atoms with Gasteiger partial charge in [0.25, 0.3) is 0 Å². The fourth-order valence-electron chi connectivity index (χ4n) is 2.61. The van der Waals surface area contributed by atoms with E-state index >= 15 is 0 Å². The van der Waals surface area contributed by atoms with Crippen molar-refractivity contribution in [2.75, 3.05) is 24.2 Å². The first-order valence-corrected chi connectivity index (χ1v) is 7.56. The highest BCUT2D eigenvalue weighted by Gasteiger charge is 2.31. The lowest BCUT2D eigenvalue weighted by Gasteiger charge is -2.35. The summed E-state index contributed by atoms with van der Waals surface area (Å²) in [5.74, 6) is 3.14. The van der Waals surface area contributed by atoms with E-state index in [0.29, 0.717) is 6.54 Å². The molecule has 5 nitrogen and oxygen atoms in total. The average Bonchev–Trinajstić information content (AvgIpc) is 2.48. The number of aryl methyl sites for hydroxylation is 1. The first-order chi connectivity index (χ1) is 9.54. The van der Waals surface area contributed by atoms with Crippen LogP contribution in [0.3, 0.4) is 0 Å². The van der Waals surface area contributed by atoms with Gasteiger partial charge in [0, 0.05) is 26.1 Å². The Kier molecular flexibility index (Phi) is 4.81. The van der Waals surface area contributed by atoms with Crippen molar-refractivity contribution in [2.24, 2.45) is 5.92 Å². The van der Waals surface area contributed by atoms with E-state index in [1.54, 1.807) is 0 Å². The molecule has 1 aromatic heterocycles. The standard InChI is InChI=1S/C15H26N4O/c1-4-12-18-13(16-3)9-14(19-12)17-10-15(20)7-5-11(2)6-8-15/h9,11,20H,4-8,10H2,1-3H3,(H2,16,17,18,19). The molecule has 0 radical (unpaired) electrons. The summed E-state index contributed by atoms with van der Waals surface area (Å²) in [4.78, 5) is 8.82. The maximum absolute atomic E-state index is 10.6. The molecule has 3 N–H and O–H groups in total. The van der Waals surface area contributed by atoms with Gasteiger partial charge < -0.3 is 15.7 Å². The summed E-state index contributed by atoms with van der Waals surface area (Å²) in [5.41, 5.74) is -0.594.